The largest absolute Gasteiger partial charge is 0.389 e. The fourth-order valence-electron chi connectivity index (χ4n) is 3.09. The molecule has 22 heavy (non-hydrogen) atoms. The molecule has 7 nitrogen and oxygen atoms in total. The standard InChI is InChI=1S/C15H18N6O/c1-20-6-2-3-12(20)19-14-13-15(17-8-16-14)21(9-18-13)10-4-5-11(22)7-10/h4-5,8-11,22H,2-3,6-7H2,1H3/b19-12+/t10-,11+/m0/s1. The Morgan fingerprint density at radius 3 is 2.91 bits per heavy atom. The van der Waals surface area contributed by atoms with Crippen molar-refractivity contribution in [1.29, 1.82) is 0 Å². The second-order valence-electron chi connectivity index (χ2n) is 5.83. The molecule has 2 atom stereocenters. The van der Waals surface area contributed by atoms with E-state index in [9.17, 15) is 5.11 Å². The van der Waals surface area contributed by atoms with E-state index in [2.05, 4.69) is 24.8 Å². The fourth-order valence-corrected chi connectivity index (χ4v) is 3.09. The molecule has 1 saturated heterocycles. The highest BCUT2D eigenvalue weighted by Gasteiger charge is 2.22. The van der Waals surface area contributed by atoms with E-state index >= 15 is 0 Å². The van der Waals surface area contributed by atoms with Gasteiger partial charge in [0.15, 0.2) is 17.0 Å². The third-order valence-electron chi connectivity index (χ3n) is 4.30. The number of hydrogen-bond acceptors (Lipinski definition) is 5. The van der Waals surface area contributed by atoms with Crippen molar-refractivity contribution < 1.29 is 5.11 Å². The lowest BCUT2D eigenvalue weighted by Gasteiger charge is -2.12. The van der Waals surface area contributed by atoms with E-state index in [0.29, 0.717) is 17.8 Å². The minimum absolute atomic E-state index is 0.0876. The quantitative estimate of drug-likeness (QED) is 0.849. The lowest BCUT2D eigenvalue weighted by atomic mass is 10.2. The first kappa shape index (κ1) is 13.4. The van der Waals surface area contributed by atoms with Gasteiger partial charge < -0.3 is 14.6 Å². The van der Waals surface area contributed by atoms with Crippen LogP contribution in [0.2, 0.25) is 0 Å². The van der Waals surface area contributed by atoms with E-state index in [1.807, 2.05) is 23.8 Å². The van der Waals surface area contributed by atoms with Crippen LogP contribution in [0.3, 0.4) is 0 Å². The van der Waals surface area contributed by atoms with Gasteiger partial charge in [-0.05, 0) is 6.42 Å². The second kappa shape index (κ2) is 5.17. The molecule has 7 heteroatoms. The first-order valence-corrected chi connectivity index (χ1v) is 7.55. The number of rotatable bonds is 2. The van der Waals surface area contributed by atoms with Crippen LogP contribution in [0, 0.1) is 0 Å². The van der Waals surface area contributed by atoms with Crippen LogP contribution in [0.1, 0.15) is 25.3 Å². The monoisotopic (exact) mass is 298 g/mol. The van der Waals surface area contributed by atoms with Gasteiger partial charge >= 0.3 is 0 Å². The van der Waals surface area contributed by atoms with E-state index in [1.54, 1.807) is 6.33 Å². The number of amidine groups is 1. The summed E-state index contributed by atoms with van der Waals surface area (Å²) in [6.07, 6.45) is 9.45. The predicted molar refractivity (Wildman–Crippen MR) is 83.1 cm³/mol. The molecule has 1 aliphatic heterocycles. The number of allylic oxidation sites excluding steroid dienone is 1. The molecule has 1 N–H and O–H groups in total. The minimum Gasteiger partial charge on any atom is -0.389 e. The molecule has 0 unspecified atom stereocenters. The van der Waals surface area contributed by atoms with Crippen molar-refractivity contribution >= 4 is 22.8 Å². The normalized spacial score (nSPS) is 26.6. The van der Waals surface area contributed by atoms with Crippen LogP contribution in [0.25, 0.3) is 11.2 Å². The van der Waals surface area contributed by atoms with Gasteiger partial charge in [-0.3, -0.25) is 0 Å². The highest BCUT2D eigenvalue weighted by molar-refractivity contribution is 5.90. The van der Waals surface area contributed by atoms with Crippen molar-refractivity contribution in [1.82, 2.24) is 24.4 Å². The molecule has 2 aromatic heterocycles. The number of likely N-dealkylation sites (tertiary alicyclic amines) is 1. The summed E-state index contributed by atoms with van der Waals surface area (Å²) in [5.41, 5.74) is 1.48. The molecule has 4 rings (SSSR count). The van der Waals surface area contributed by atoms with E-state index < -0.39 is 6.10 Å². The summed E-state index contributed by atoms with van der Waals surface area (Å²) in [6, 6.07) is 0.0876. The Morgan fingerprint density at radius 2 is 2.18 bits per heavy atom. The maximum absolute atomic E-state index is 9.66. The molecule has 0 radical (unpaired) electrons. The number of imidazole rings is 1. The third-order valence-corrected chi connectivity index (χ3v) is 4.30. The summed E-state index contributed by atoms with van der Waals surface area (Å²) >= 11 is 0. The van der Waals surface area contributed by atoms with Crippen LogP contribution < -0.4 is 0 Å². The van der Waals surface area contributed by atoms with E-state index in [0.717, 1.165) is 30.9 Å². The molecule has 2 aliphatic rings. The first-order chi connectivity index (χ1) is 10.7. The van der Waals surface area contributed by atoms with Gasteiger partial charge in [-0.1, -0.05) is 12.2 Å². The number of aromatic nitrogens is 4. The summed E-state index contributed by atoms with van der Waals surface area (Å²) in [5.74, 6) is 1.67. The second-order valence-corrected chi connectivity index (χ2v) is 5.83. The zero-order valence-corrected chi connectivity index (χ0v) is 12.4. The molecule has 1 aliphatic carbocycles. The molecule has 0 aromatic carbocycles. The lowest BCUT2D eigenvalue weighted by Crippen LogP contribution is -2.18. The van der Waals surface area contributed by atoms with Gasteiger partial charge in [0.25, 0.3) is 0 Å². The van der Waals surface area contributed by atoms with Gasteiger partial charge in [-0.25, -0.2) is 19.9 Å². The zero-order chi connectivity index (χ0) is 15.1. The molecule has 114 valence electrons. The Balaban J connectivity index is 1.76. The third kappa shape index (κ3) is 2.18. The van der Waals surface area contributed by atoms with E-state index in [1.165, 1.54) is 6.33 Å². The lowest BCUT2D eigenvalue weighted by molar-refractivity contribution is 0.211. The molecule has 0 bridgehead atoms. The van der Waals surface area contributed by atoms with Crippen LogP contribution in [0.5, 0.6) is 0 Å². The van der Waals surface area contributed by atoms with Crippen LogP contribution >= 0.6 is 0 Å². The van der Waals surface area contributed by atoms with E-state index in [-0.39, 0.29) is 6.04 Å². The average Bonchev–Trinajstić information content (AvgIpc) is 3.20. The van der Waals surface area contributed by atoms with Crippen molar-refractivity contribution in [3.63, 3.8) is 0 Å². The van der Waals surface area contributed by atoms with Crippen LogP contribution in [-0.2, 0) is 0 Å². The van der Waals surface area contributed by atoms with Crippen molar-refractivity contribution in [2.75, 3.05) is 13.6 Å². The first-order valence-electron chi connectivity index (χ1n) is 7.55. The molecular weight excluding hydrogens is 280 g/mol. The van der Waals surface area contributed by atoms with Gasteiger partial charge in [0, 0.05) is 26.4 Å². The predicted octanol–water partition coefficient (Wildman–Crippen LogP) is 1.44. The molecule has 3 heterocycles. The van der Waals surface area contributed by atoms with Crippen molar-refractivity contribution in [2.45, 2.75) is 31.4 Å². The van der Waals surface area contributed by atoms with Crippen molar-refractivity contribution in [3.05, 3.63) is 24.8 Å². The van der Waals surface area contributed by atoms with Crippen molar-refractivity contribution in [2.24, 2.45) is 4.99 Å². The summed E-state index contributed by atoms with van der Waals surface area (Å²) < 4.78 is 1.98. The Kier molecular flexibility index (Phi) is 3.15. The van der Waals surface area contributed by atoms with Crippen LogP contribution in [0.4, 0.5) is 5.82 Å². The highest BCUT2D eigenvalue weighted by Crippen LogP contribution is 2.29. The fraction of sp³-hybridized carbons (Fsp3) is 0.467. The maximum atomic E-state index is 9.66. The Morgan fingerprint density at radius 1 is 1.27 bits per heavy atom. The molecule has 0 saturated carbocycles. The molecule has 2 aromatic rings. The number of hydrogen-bond donors (Lipinski definition) is 1. The highest BCUT2D eigenvalue weighted by atomic mass is 16.3. The topological polar surface area (TPSA) is 79.4 Å². The Labute approximate surface area is 128 Å². The Bertz CT molecular complexity index is 764. The molecule has 0 spiro atoms. The zero-order valence-electron chi connectivity index (χ0n) is 12.4. The van der Waals surface area contributed by atoms with E-state index in [4.69, 9.17) is 0 Å². The smallest absolute Gasteiger partial charge is 0.185 e. The summed E-state index contributed by atoms with van der Waals surface area (Å²) in [7, 11) is 2.05. The number of fused-ring (bicyclic) bond motifs is 1. The minimum atomic E-state index is -0.392. The number of aliphatic hydroxyl groups excluding tert-OH is 1. The van der Waals surface area contributed by atoms with Gasteiger partial charge in [0.1, 0.15) is 12.2 Å². The van der Waals surface area contributed by atoms with Crippen LogP contribution in [-0.4, -0.2) is 55.1 Å². The van der Waals surface area contributed by atoms with Crippen LogP contribution in [0.15, 0.2) is 29.8 Å². The van der Waals surface area contributed by atoms with Gasteiger partial charge in [0.05, 0.1) is 18.5 Å². The summed E-state index contributed by atoms with van der Waals surface area (Å²) in [6.45, 7) is 1.03. The molecule has 1 fully saturated rings. The summed E-state index contributed by atoms with van der Waals surface area (Å²) in [5, 5.41) is 9.66. The number of nitrogens with zero attached hydrogens (tertiary/aromatic N) is 6. The van der Waals surface area contributed by atoms with Gasteiger partial charge in [-0.2, -0.15) is 0 Å². The Hall–Kier alpha value is -2.28. The average molecular weight is 298 g/mol. The molecular formula is C15H18N6O. The van der Waals surface area contributed by atoms with Gasteiger partial charge in [-0.15, -0.1) is 0 Å². The SMILES string of the molecule is CN1CCC/C1=N\c1ncnc2c1ncn2[C@H]1C=C[C@@H](O)C1. The maximum Gasteiger partial charge on any atom is 0.185 e. The summed E-state index contributed by atoms with van der Waals surface area (Å²) in [4.78, 5) is 19.9. The van der Waals surface area contributed by atoms with Crippen molar-refractivity contribution in [3.8, 4) is 0 Å². The molecule has 0 amide bonds. The number of aliphatic imine (C=N–C) groups is 1. The number of aliphatic hydroxyl groups is 1. The van der Waals surface area contributed by atoms with Gasteiger partial charge in [0.2, 0.25) is 0 Å².